The zero-order valence-corrected chi connectivity index (χ0v) is 15.6. The Morgan fingerprint density at radius 2 is 1.56 bits per heavy atom. The number of hydrogen-bond donors (Lipinski definition) is 2. The maximum Gasteiger partial charge on any atom is 0.235 e. The molecule has 2 rings (SSSR count). The van der Waals surface area contributed by atoms with Crippen molar-refractivity contribution in [3.8, 4) is 0 Å². The first-order chi connectivity index (χ1) is 11.7. The van der Waals surface area contributed by atoms with Gasteiger partial charge in [-0.15, -0.1) is 0 Å². The molecule has 0 bridgehead atoms. The van der Waals surface area contributed by atoms with E-state index in [0.29, 0.717) is 12.1 Å². The van der Waals surface area contributed by atoms with Crippen LogP contribution in [0.4, 0.5) is 0 Å². The number of rotatable bonds is 7. The molecule has 0 atom stereocenters. The van der Waals surface area contributed by atoms with Crippen molar-refractivity contribution in [2.75, 3.05) is 6.54 Å². The zero-order valence-electron chi connectivity index (χ0n) is 14.8. The van der Waals surface area contributed by atoms with Crippen molar-refractivity contribution >= 4 is 15.9 Å². The molecule has 2 aromatic carbocycles. The van der Waals surface area contributed by atoms with Gasteiger partial charge in [-0.05, 0) is 43.0 Å². The van der Waals surface area contributed by atoms with Gasteiger partial charge in [-0.1, -0.05) is 48.0 Å². The molecule has 5 nitrogen and oxygen atoms in total. The molecule has 134 valence electrons. The van der Waals surface area contributed by atoms with Crippen LogP contribution in [0.3, 0.4) is 0 Å². The van der Waals surface area contributed by atoms with Gasteiger partial charge in [0.05, 0.1) is 12.3 Å². The lowest BCUT2D eigenvalue weighted by Gasteiger charge is -2.09. The highest BCUT2D eigenvalue weighted by atomic mass is 32.2. The van der Waals surface area contributed by atoms with Crippen molar-refractivity contribution < 1.29 is 13.2 Å². The van der Waals surface area contributed by atoms with Gasteiger partial charge in [0, 0.05) is 6.54 Å². The summed E-state index contributed by atoms with van der Waals surface area (Å²) in [5.41, 5.74) is 4.98. The van der Waals surface area contributed by atoms with E-state index in [-0.39, 0.29) is 18.2 Å². The van der Waals surface area contributed by atoms with Gasteiger partial charge in [0.15, 0.2) is 0 Å². The lowest BCUT2D eigenvalue weighted by atomic mass is 10.1. The van der Waals surface area contributed by atoms with Crippen LogP contribution in [-0.2, 0) is 27.1 Å². The number of carbonyl (C=O) groups is 1. The SMILES string of the molecule is Cc1ccc(CNC(=O)CNS(=O)(=O)Cc2ccc(C)c(C)c2)cc1. The lowest BCUT2D eigenvalue weighted by Crippen LogP contribution is -2.37. The van der Waals surface area contributed by atoms with Crippen LogP contribution in [0.15, 0.2) is 42.5 Å². The minimum absolute atomic E-state index is 0.140. The molecule has 1 amide bonds. The molecule has 0 fully saturated rings. The highest BCUT2D eigenvalue weighted by molar-refractivity contribution is 7.88. The predicted molar refractivity (Wildman–Crippen MR) is 99.6 cm³/mol. The Kier molecular flexibility index (Phi) is 6.33. The fraction of sp³-hybridized carbons (Fsp3) is 0.316. The summed E-state index contributed by atoms with van der Waals surface area (Å²) in [6.07, 6.45) is 0. The summed E-state index contributed by atoms with van der Waals surface area (Å²) >= 11 is 0. The maximum absolute atomic E-state index is 12.1. The van der Waals surface area contributed by atoms with Crippen molar-refractivity contribution in [1.82, 2.24) is 10.0 Å². The molecule has 0 aliphatic heterocycles. The first kappa shape index (κ1) is 19.1. The third kappa shape index (κ3) is 6.32. The normalized spacial score (nSPS) is 11.3. The third-order valence-electron chi connectivity index (χ3n) is 3.99. The monoisotopic (exact) mass is 360 g/mol. The number of hydrogen-bond acceptors (Lipinski definition) is 3. The highest BCUT2D eigenvalue weighted by Gasteiger charge is 2.13. The Labute approximate surface area is 149 Å². The second-order valence-corrected chi connectivity index (χ2v) is 8.07. The number of benzene rings is 2. The van der Waals surface area contributed by atoms with Gasteiger partial charge in [-0.3, -0.25) is 4.79 Å². The predicted octanol–water partition coefficient (Wildman–Crippen LogP) is 2.35. The van der Waals surface area contributed by atoms with Crippen molar-refractivity contribution in [1.29, 1.82) is 0 Å². The van der Waals surface area contributed by atoms with E-state index < -0.39 is 10.0 Å². The molecular weight excluding hydrogens is 336 g/mol. The molecule has 0 spiro atoms. The van der Waals surface area contributed by atoms with E-state index in [1.54, 1.807) is 6.07 Å². The van der Waals surface area contributed by atoms with Crippen LogP contribution in [0.1, 0.15) is 27.8 Å². The highest BCUT2D eigenvalue weighted by Crippen LogP contribution is 2.12. The molecular formula is C19H24N2O3S. The van der Waals surface area contributed by atoms with Crippen LogP contribution >= 0.6 is 0 Å². The van der Waals surface area contributed by atoms with Gasteiger partial charge < -0.3 is 5.32 Å². The number of aryl methyl sites for hydroxylation is 3. The Morgan fingerprint density at radius 1 is 0.920 bits per heavy atom. The molecule has 0 aliphatic carbocycles. The first-order valence-electron chi connectivity index (χ1n) is 8.11. The van der Waals surface area contributed by atoms with Crippen LogP contribution in [0.25, 0.3) is 0 Å². The molecule has 0 aliphatic rings. The first-order valence-corrected chi connectivity index (χ1v) is 9.76. The van der Waals surface area contributed by atoms with Gasteiger partial charge in [0.2, 0.25) is 15.9 Å². The van der Waals surface area contributed by atoms with Gasteiger partial charge in [-0.2, -0.15) is 0 Å². The van der Waals surface area contributed by atoms with Crippen molar-refractivity contribution in [2.24, 2.45) is 0 Å². The van der Waals surface area contributed by atoms with E-state index in [4.69, 9.17) is 0 Å². The topological polar surface area (TPSA) is 75.3 Å². The number of amides is 1. The second kappa shape index (κ2) is 8.27. The number of nitrogens with one attached hydrogen (secondary N) is 2. The van der Waals surface area contributed by atoms with Crippen LogP contribution in [0.5, 0.6) is 0 Å². The molecule has 0 unspecified atom stereocenters. The molecule has 25 heavy (non-hydrogen) atoms. The fourth-order valence-corrected chi connectivity index (χ4v) is 3.38. The summed E-state index contributed by atoms with van der Waals surface area (Å²) in [5.74, 6) is -0.497. The maximum atomic E-state index is 12.1. The van der Waals surface area contributed by atoms with Crippen LogP contribution in [0, 0.1) is 20.8 Å². The molecule has 0 saturated heterocycles. The quantitative estimate of drug-likeness (QED) is 0.796. The molecule has 6 heteroatoms. The van der Waals surface area contributed by atoms with E-state index in [0.717, 1.165) is 22.3 Å². The Morgan fingerprint density at radius 3 is 2.20 bits per heavy atom. The van der Waals surface area contributed by atoms with E-state index in [1.165, 1.54) is 0 Å². The summed E-state index contributed by atoms with van der Waals surface area (Å²) in [4.78, 5) is 11.8. The van der Waals surface area contributed by atoms with Crippen molar-refractivity contribution in [3.63, 3.8) is 0 Å². The van der Waals surface area contributed by atoms with Crippen molar-refractivity contribution in [3.05, 3.63) is 70.3 Å². The van der Waals surface area contributed by atoms with Crippen molar-refractivity contribution in [2.45, 2.75) is 33.1 Å². The Hall–Kier alpha value is -2.18. The molecule has 0 aromatic heterocycles. The number of sulfonamides is 1. The Balaban J connectivity index is 1.82. The smallest absolute Gasteiger partial charge is 0.235 e. The van der Waals surface area contributed by atoms with Gasteiger partial charge in [0.1, 0.15) is 0 Å². The van der Waals surface area contributed by atoms with Crippen LogP contribution < -0.4 is 10.0 Å². The molecule has 0 saturated carbocycles. The van der Waals surface area contributed by atoms with Gasteiger partial charge in [0.25, 0.3) is 0 Å². The Bertz CT molecular complexity index is 843. The average molecular weight is 360 g/mol. The van der Waals surface area contributed by atoms with Gasteiger partial charge >= 0.3 is 0 Å². The standard InChI is InChI=1S/C19H24N2O3S/c1-14-4-7-17(8-5-14)11-20-19(22)12-21-25(23,24)13-18-9-6-15(2)16(3)10-18/h4-10,21H,11-13H2,1-3H3,(H,20,22). The second-order valence-electron chi connectivity index (χ2n) is 6.26. The number of carbonyl (C=O) groups excluding carboxylic acids is 1. The average Bonchev–Trinajstić information content (AvgIpc) is 2.56. The third-order valence-corrected chi connectivity index (χ3v) is 5.29. The van der Waals surface area contributed by atoms with E-state index >= 15 is 0 Å². The summed E-state index contributed by atoms with van der Waals surface area (Å²) < 4.78 is 26.6. The van der Waals surface area contributed by atoms with Crippen LogP contribution in [-0.4, -0.2) is 20.9 Å². The summed E-state index contributed by atoms with van der Waals surface area (Å²) in [7, 11) is -3.56. The lowest BCUT2D eigenvalue weighted by molar-refractivity contribution is -0.120. The van der Waals surface area contributed by atoms with Crippen LogP contribution in [0.2, 0.25) is 0 Å². The van der Waals surface area contributed by atoms with E-state index in [9.17, 15) is 13.2 Å². The minimum atomic E-state index is -3.56. The minimum Gasteiger partial charge on any atom is -0.351 e. The van der Waals surface area contributed by atoms with E-state index in [2.05, 4.69) is 10.0 Å². The summed E-state index contributed by atoms with van der Waals surface area (Å²) in [6.45, 7) is 6.02. The fourth-order valence-electron chi connectivity index (χ4n) is 2.31. The molecule has 0 heterocycles. The zero-order chi connectivity index (χ0) is 18.4. The molecule has 2 N–H and O–H groups in total. The van der Waals surface area contributed by atoms with Gasteiger partial charge in [-0.25, -0.2) is 13.1 Å². The largest absolute Gasteiger partial charge is 0.351 e. The van der Waals surface area contributed by atoms with E-state index in [1.807, 2.05) is 57.2 Å². The molecule has 2 aromatic rings. The summed E-state index contributed by atoms with van der Waals surface area (Å²) in [5, 5.41) is 2.71. The summed E-state index contributed by atoms with van der Waals surface area (Å²) in [6, 6.07) is 13.3. The molecule has 0 radical (unpaired) electrons.